The molecule has 0 aliphatic carbocycles. The third-order valence-electron chi connectivity index (χ3n) is 4.51. The molecule has 1 atom stereocenters. The fourth-order valence-corrected chi connectivity index (χ4v) is 3.82. The van der Waals surface area contributed by atoms with E-state index in [0.29, 0.717) is 13.1 Å². The highest BCUT2D eigenvalue weighted by Crippen LogP contribution is 2.23. The highest BCUT2D eigenvalue weighted by molar-refractivity contribution is 7.09. The standard InChI is InChI=1S/C18H20N6OS/c25-18(19-11-15-5-2-9-26-15)14-4-1-7-23(12-14)16-10-17(21-13-20-16)24-8-3-6-22-24/h2-3,5-6,8-10,13-14H,1,4,7,11-12H2,(H,19,25). The van der Waals surface area contributed by atoms with E-state index in [1.54, 1.807) is 28.5 Å². The predicted molar refractivity (Wildman–Crippen MR) is 100 cm³/mol. The maximum absolute atomic E-state index is 12.5. The van der Waals surface area contributed by atoms with Crippen molar-refractivity contribution in [1.29, 1.82) is 0 Å². The van der Waals surface area contributed by atoms with Gasteiger partial charge in [0.15, 0.2) is 5.82 Å². The number of carbonyl (C=O) groups is 1. The number of anilines is 1. The summed E-state index contributed by atoms with van der Waals surface area (Å²) in [5.74, 6) is 1.65. The lowest BCUT2D eigenvalue weighted by Crippen LogP contribution is -2.43. The van der Waals surface area contributed by atoms with Gasteiger partial charge in [-0.1, -0.05) is 6.07 Å². The molecule has 0 bridgehead atoms. The molecule has 0 radical (unpaired) electrons. The first kappa shape index (κ1) is 16.7. The molecule has 4 heterocycles. The van der Waals surface area contributed by atoms with E-state index < -0.39 is 0 Å². The number of carbonyl (C=O) groups excluding carboxylic acids is 1. The lowest BCUT2D eigenvalue weighted by molar-refractivity contribution is -0.125. The summed E-state index contributed by atoms with van der Waals surface area (Å²) in [6.45, 7) is 2.17. The van der Waals surface area contributed by atoms with E-state index >= 15 is 0 Å². The Morgan fingerprint density at radius 1 is 1.31 bits per heavy atom. The summed E-state index contributed by atoms with van der Waals surface area (Å²) in [7, 11) is 0. The van der Waals surface area contributed by atoms with Crippen LogP contribution >= 0.6 is 11.3 Å². The fourth-order valence-electron chi connectivity index (χ4n) is 3.17. The zero-order valence-corrected chi connectivity index (χ0v) is 15.1. The smallest absolute Gasteiger partial charge is 0.225 e. The van der Waals surface area contributed by atoms with Gasteiger partial charge < -0.3 is 10.2 Å². The lowest BCUT2D eigenvalue weighted by Gasteiger charge is -2.32. The minimum absolute atomic E-state index is 0.0215. The van der Waals surface area contributed by atoms with Crippen LogP contribution in [0.5, 0.6) is 0 Å². The second kappa shape index (κ2) is 7.65. The molecule has 1 N–H and O–H groups in total. The maximum Gasteiger partial charge on any atom is 0.225 e. The van der Waals surface area contributed by atoms with E-state index in [1.165, 1.54) is 4.88 Å². The summed E-state index contributed by atoms with van der Waals surface area (Å²) in [6, 6.07) is 7.81. The number of piperidine rings is 1. The Bertz CT molecular complexity index is 848. The van der Waals surface area contributed by atoms with Crippen molar-refractivity contribution in [1.82, 2.24) is 25.1 Å². The molecule has 3 aromatic rings. The average Bonchev–Trinajstić information content (AvgIpc) is 3.40. The Kier molecular flexibility index (Phi) is 4.92. The maximum atomic E-state index is 12.5. The minimum Gasteiger partial charge on any atom is -0.356 e. The largest absolute Gasteiger partial charge is 0.356 e. The molecule has 1 amide bonds. The van der Waals surface area contributed by atoms with Crippen LogP contribution in [0, 0.1) is 5.92 Å². The average molecular weight is 368 g/mol. The number of thiophene rings is 1. The first-order valence-corrected chi connectivity index (χ1v) is 9.54. The van der Waals surface area contributed by atoms with Gasteiger partial charge in [-0.05, 0) is 30.4 Å². The summed E-state index contributed by atoms with van der Waals surface area (Å²) in [5, 5.41) is 9.29. The third kappa shape index (κ3) is 3.75. The van der Waals surface area contributed by atoms with Gasteiger partial charge in [0, 0.05) is 36.4 Å². The van der Waals surface area contributed by atoms with Gasteiger partial charge in [0.25, 0.3) is 0 Å². The molecule has 1 unspecified atom stereocenters. The molecule has 0 spiro atoms. The first-order chi connectivity index (χ1) is 12.8. The fraction of sp³-hybridized carbons (Fsp3) is 0.333. The van der Waals surface area contributed by atoms with Gasteiger partial charge in [-0.15, -0.1) is 11.3 Å². The third-order valence-corrected chi connectivity index (χ3v) is 5.39. The van der Waals surface area contributed by atoms with Gasteiger partial charge >= 0.3 is 0 Å². The van der Waals surface area contributed by atoms with Gasteiger partial charge in [-0.3, -0.25) is 4.79 Å². The van der Waals surface area contributed by atoms with Gasteiger partial charge in [-0.2, -0.15) is 5.10 Å². The van der Waals surface area contributed by atoms with E-state index in [9.17, 15) is 4.79 Å². The molecule has 1 aliphatic rings. The molecule has 1 saturated heterocycles. The monoisotopic (exact) mass is 368 g/mol. The van der Waals surface area contributed by atoms with E-state index in [2.05, 4.69) is 25.3 Å². The van der Waals surface area contributed by atoms with E-state index in [-0.39, 0.29) is 11.8 Å². The lowest BCUT2D eigenvalue weighted by atomic mass is 9.97. The zero-order chi connectivity index (χ0) is 17.8. The Morgan fingerprint density at radius 3 is 3.04 bits per heavy atom. The number of amides is 1. The van der Waals surface area contributed by atoms with Crippen LogP contribution in [0.15, 0.2) is 48.4 Å². The number of aromatic nitrogens is 4. The Morgan fingerprint density at radius 2 is 2.23 bits per heavy atom. The van der Waals surface area contributed by atoms with Crippen LogP contribution in [0.4, 0.5) is 5.82 Å². The molecular formula is C18H20N6OS. The molecule has 0 aromatic carbocycles. The summed E-state index contributed by atoms with van der Waals surface area (Å²) >= 11 is 1.66. The summed E-state index contributed by atoms with van der Waals surface area (Å²) in [5.41, 5.74) is 0. The number of nitrogens with zero attached hydrogens (tertiary/aromatic N) is 5. The second-order valence-electron chi connectivity index (χ2n) is 6.27. The number of hydrogen-bond acceptors (Lipinski definition) is 6. The molecule has 7 nitrogen and oxygen atoms in total. The minimum atomic E-state index is -0.0215. The van der Waals surface area contributed by atoms with Crippen molar-refractivity contribution >= 4 is 23.1 Å². The predicted octanol–water partition coefficient (Wildman–Crippen LogP) is 2.26. The van der Waals surface area contributed by atoms with Gasteiger partial charge in [0.05, 0.1) is 12.5 Å². The Labute approximate surface area is 155 Å². The van der Waals surface area contributed by atoms with Crippen molar-refractivity contribution in [3.8, 4) is 5.82 Å². The van der Waals surface area contributed by atoms with Gasteiger partial charge in [0.1, 0.15) is 12.1 Å². The summed E-state index contributed by atoms with van der Waals surface area (Å²) < 4.78 is 1.71. The van der Waals surface area contributed by atoms with Crippen LogP contribution < -0.4 is 10.2 Å². The second-order valence-corrected chi connectivity index (χ2v) is 7.30. The van der Waals surface area contributed by atoms with E-state index in [0.717, 1.165) is 31.0 Å². The number of hydrogen-bond donors (Lipinski definition) is 1. The van der Waals surface area contributed by atoms with Crippen molar-refractivity contribution in [2.45, 2.75) is 19.4 Å². The Balaban J connectivity index is 1.42. The van der Waals surface area contributed by atoms with Crippen LogP contribution in [0.1, 0.15) is 17.7 Å². The SMILES string of the molecule is O=C(NCc1cccs1)C1CCCN(c2cc(-n3cccn3)ncn2)C1. The van der Waals surface area contributed by atoms with Crippen LogP contribution in [0.3, 0.4) is 0 Å². The van der Waals surface area contributed by atoms with Crippen LogP contribution in [0.2, 0.25) is 0 Å². The normalized spacial score (nSPS) is 17.2. The topological polar surface area (TPSA) is 75.9 Å². The van der Waals surface area contributed by atoms with Crippen molar-refractivity contribution < 1.29 is 4.79 Å². The van der Waals surface area contributed by atoms with Crippen molar-refractivity contribution in [2.75, 3.05) is 18.0 Å². The van der Waals surface area contributed by atoms with Gasteiger partial charge in [0.2, 0.25) is 5.91 Å². The molecule has 1 aliphatic heterocycles. The van der Waals surface area contributed by atoms with Crippen LogP contribution in [0.25, 0.3) is 5.82 Å². The van der Waals surface area contributed by atoms with Crippen molar-refractivity contribution in [2.24, 2.45) is 5.92 Å². The first-order valence-electron chi connectivity index (χ1n) is 8.67. The number of rotatable bonds is 5. The molecule has 26 heavy (non-hydrogen) atoms. The molecule has 1 fully saturated rings. The molecular weight excluding hydrogens is 348 g/mol. The van der Waals surface area contributed by atoms with E-state index in [1.807, 2.05) is 35.8 Å². The molecule has 134 valence electrons. The zero-order valence-electron chi connectivity index (χ0n) is 14.3. The summed E-state index contributed by atoms with van der Waals surface area (Å²) in [4.78, 5) is 24.5. The van der Waals surface area contributed by atoms with E-state index in [4.69, 9.17) is 0 Å². The highest BCUT2D eigenvalue weighted by atomic mass is 32.1. The Hall–Kier alpha value is -2.74. The number of nitrogens with one attached hydrogen (secondary N) is 1. The highest BCUT2D eigenvalue weighted by Gasteiger charge is 2.26. The molecule has 3 aromatic heterocycles. The quantitative estimate of drug-likeness (QED) is 0.748. The van der Waals surface area contributed by atoms with Crippen LogP contribution in [-0.2, 0) is 11.3 Å². The van der Waals surface area contributed by atoms with Crippen molar-refractivity contribution in [3.63, 3.8) is 0 Å². The van der Waals surface area contributed by atoms with Crippen molar-refractivity contribution in [3.05, 3.63) is 53.2 Å². The molecule has 8 heteroatoms. The summed E-state index contributed by atoms with van der Waals surface area (Å²) in [6.07, 6.45) is 6.99. The molecule has 4 rings (SSSR count). The van der Waals surface area contributed by atoms with Gasteiger partial charge in [-0.25, -0.2) is 14.6 Å². The molecule has 0 saturated carbocycles. The van der Waals surface area contributed by atoms with Crippen LogP contribution in [-0.4, -0.2) is 38.7 Å².